The molecule has 1 aromatic carbocycles. The summed E-state index contributed by atoms with van der Waals surface area (Å²) in [7, 11) is -2.74. The molecular formula is C21H22FN3O5S. The molecule has 1 aromatic heterocycles. The van der Waals surface area contributed by atoms with Crippen molar-refractivity contribution in [3.63, 3.8) is 0 Å². The fourth-order valence-corrected chi connectivity index (χ4v) is 3.75. The number of hydrogen-bond acceptors (Lipinski definition) is 6. The van der Waals surface area contributed by atoms with E-state index in [2.05, 4.69) is 16.8 Å². The first-order valence-corrected chi connectivity index (χ1v) is 11.0. The normalized spacial score (nSPS) is 17.7. The Hall–Kier alpha value is -3.16. The number of hydrogen-bond donors (Lipinski definition) is 2. The summed E-state index contributed by atoms with van der Waals surface area (Å²) in [4.78, 5) is 16.4. The van der Waals surface area contributed by atoms with Gasteiger partial charge in [-0.15, -0.1) is 5.92 Å². The van der Waals surface area contributed by atoms with E-state index in [9.17, 15) is 17.6 Å². The van der Waals surface area contributed by atoms with Crippen LogP contribution in [-0.4, -0.2) is 33.0 Å². The van der Waals surface area contributed by atoms with Gasteiger partial charge in [0, 0.05) is 19.3 Å². The van der Waals surface area contributed by atoms with Crippen molar-refractivity contribution in [1.29, 1.82) is 0 Å². The number of benzene rings is 1. The van der Waals surface area contributed by atoms with E-state index < -0.39 is 33.7 Å². The highest BCUT2D eigenvalue weighted by Crippen LogP contribution is 2.41. The second-order valence-corrected chi connectivity index (χ2v) is 8.50. The molecular weight excluding hydrogens is 425 g/mol. The molecule has 0 aliphatic carbocycles. The quantitative estimate of drug-likeness (QED) is 0.384. The number of carbonyl (C=O) groups is 1. The molecule has 1 aliphatic heterocycles. The Kier molecular flexibility index (Phi) is 6.77. The highest BCUT2D eigenvalue weighted by atomic mass is 32.2. The lowest BCUT2D eigenvalue weighted by atomic mass is 9.81. The van der Waals surface area contributed by atoms with Gasteiger partial charge in [-0.1, -0.05) is 18.9 Å². The van der Waals surface area contributed by atoms with E-state index in [1.54, 1.807) is 19.1 Å². The van der Waals surface area contributed by atoms with Crippen LogP contribution in [0.2, 0.25) is 0 Å². The Morgan fingerprint density at radius 3 is 2.81 bits per heavy atom. The van der Waals surface area contributed by atoms with Gasteiger partial charge < -0.3 is 9.47 Å². The Morgan fingerprint density at radius 2 is 2.10 bits per heavy atom. The minimum Gasteiger partial charge on any atom is -0.481 e. The first-order chi connectivity index (χ1) is 14.8. The summed E-state index contributed by atoms with van der Waals surface area (Å²) in [5.74, 6) is 3.75. The number of ether oxygens (including phenoxy) is 2. The van der Waals surface area contributed by atoms with Crippen LogP contribution in [0.4, 0.5) is 10.2 Å². The number of fused-ring (bicyclic) bond motifs is 1. The lowest BCUT2D eigenvalue weighted by Crippen LogP contribution is -2.32. The maximum Gasteiger partial charge on any atom is 0.315 e. The van der Waals surface area contributed by atoms with Crippen molar-refractivity contribution in [2.75, 3.05) is 18.4 Å². The summed E-state index contributed by atoms with van der Waals surface area (Å²) < 4.78 is 53.2. The van der Waals surface area contributed by atoms with Gasteiger partial charge in [-0.05, 0) is 42.5 Å². The Labute approximate surface area is 180 Å². The van der Waals surface area contributed by atoms with Crippen molar-refractivity contribution < 1.29 is 27.1 Å². The Balaban J connectivity index is 1.82. The lowest BCUT2D eigenvalue weighted by Gasteiger charge is -2.30. The molecule has 1 aliphatic rings. The molecule has 8 nitrogen and oxygen atoms in total. The third kappa shape index (κ3) is 5.13. The first-order valence-electron chi connectivity index (χ1n) is 9.48. The molecule has 2 atom stereocenters. The number of aromatic nitrogens is 1. The molecule has 0 saturated carbocycles. The second kappa shape index (κ2) is 9.32. The second-order valence-electron chi connectivity index (χ2n) is 6.88. The highest BCUT2D eigenvalue weighted by molar-refractivity contribution is 7.90. The van der Waals surface area contributed by atoms with E-state index in [1.807, 2.05) is 22.4 Å². The van der Waals surface area contributed by atoms with E-state index in [-0.39, 0.29) is 24.5 Å². The maximum absolute atomic E-state index is 14.8. The van der Waals surface area contributed by atoms with Crippen LogP contribution >= 0.6 is 0 Å². The number of anilines is 1. The molecule has 2 N–H and O–H groups in total. The van der Waals surface area contributed by atoms with Gasteiger partial charge in [-0.3, -0.25) is 9.52 Å². The average Bonchev–Trinajstić information content (AvgIpc) is 2.73. The Morgan fingerprint density at radius 1 is 1.32 bits per heavy atom. The zero-order valence-corrected chi connectivity index (χ0v) is 18.0. The summed E-state index contributed by atoms with van der Waals surface area (Å²) in [5.41, 5.74) is 0.947. The third-order valence-corrected chi connectivity index (χ3v) is 5.99. The zero-order chi connectivity index (χ0) is 22.6. The fraction of sp³-hybridized carbons (Fsp3) is 0.333. The SMILES string of the molecule is CC#CCOc1ccc2c(c1)OC(=O)C(Cc1ccnc(NS(=O)(=O)NC)c1F)C2C. The van der Waals surface area contributed by atoms with Crippen molar-refractivity contribution in [2.45, 2.75) is 26.2 Å². The molecule has 2 aromatic rings. The van der Waals surface area contributed by atoms with Gasteiger partial charge in [0.2, 0.25) is 0 Å². The van der Waals surface area contributed by atoms with Gasteiger partial charge in [-0.25, -0.2) is 14.1 Å². The van der Waals surface area contributed by atoms with Gasteiger partial charge in [0.25, 0.3) is 10.2 Å². The molecule has 0 bridgehead atoms. The lowest BCUT2D eigenvalue weighted by molar-refractivity contribution is -0.141. The smallest absolute Gasteiger partial charge is 0.315 e. The average molecular weight is 447 g/mol. The van der Waals surface area contributed by atoms with Crippen molar-refractivity contribution >= 4 is 22.0 Å². The van der Waals surface area contributed by atoms with Gasteiger partial charge in [0.15, 0.2) is 11.6 Å². The van der Waals surface area contributed by atoms with Crippen molar-refractivity contribution in [3.8, 4) is 23.3 Å². The van der Waals surface area contributed by atoms with E-state index in [0.29, 0.717) is 11.5 Å². The molecule has 0 spiro atoms. The van der Waals surface area contributed by atoms with Crippen LogP contribution in [0.1, 0.15) is 30.9 Å². The number of halogens is 1. The molecule has 2 unspecified atom stereocenters. The summed E-state index contributed by atoms with van der Waals surface area (Å²) in [6, 6.07) is 6.62. The van der Waals surface area contributed by atoms with Crippen LogP contribution < -0.4 is 18.9 Å². The van der Waals surface area contributed by atoms with Crippen molar-refractivity contribution in [3.05, 3.63) is 47.4 Å². The molecule has 10 heteroatoms. The van der Waals surface area contributed by atoms with Crippen LogP contribution in [0.3, 0.4) is 0 Å². The van der Waals surface area contributed by atoms with Crippen molar-refractivity contribution in [2.24, 2.45) is 5.92 Å². The highest BCUT2D eigenvalue weighted by Gasteiger charge is 2.36. The molecule has 3 rings (SSSR count). The molecule has 0 fully saturated rings. The largest absolute Gasteiger partial charge is 0.481 e. The molecule has 2 heterocycles. The van der Waals surface area contributed by atoms with E-state index in [0.717, 1.165) is 5.56 Å². The van der Waals surface area contributed by atoms with Crippen LogP contribution in [0.25, 0.3) is 0 Å². The van der Waals surface area contributed by atoms with E-state index >= 15 is 0 Å². The van der Waals surface area contributed by atoms with Crippen LogP contribution in [0.15, 0.2) is 30.5 Å². The predicted octanol–water partition coefficient (Wildman–Crippen LogP) is 2.38. The van der Waals surface area contributed by atoms with Crippen LogP contribution in [0.5, 0.6) is 11.5 Å². The monoisotopic (exact) mass is 447 g/mol. The van der Waals surface area contributed by atoms with Crippen LogP contribution in [0, 0.1) is 23.6 Å². The zero-order valence-electron chi connectivity index (χ0n) is 17.2. The predicted molar refractivity (Wildman–Crippen MR) is 112 cm³/mol. The van der Waals surface area contributed by atoms with Gasteiger partial charge in [0.05, 0.1) is 5.92 Å². The minimum absolute atomic E-state index is 0.0203. The van der Waals surface area contributed by atoms with Crippen LogP contribution in [-0.2, 0) is 21.4 Å². The molecule has 0 radical (unpaired) electrons. The number of esters is 1. The van der Waals surface area contributed by atoms with Gasteiger partial charge >= 0.3 is 5.97 Å². The molecule has 31 heavy (non-hydrogen) atoms. The molecule has 0 saturated heterocycles. The number of rotatable bonds is 7. The number of nitrogens with zero attached hydrogens (tertiary/aromatic N) is 1. The third-order valence-electron chi connectivity index (χ3n) is 4.99. The fourth-order valence-electron chi connectivity index (χ4n) is 3.25. The summed E-state index contributed by atoms with van der Waals surface area (Å²) in [5, 5.41) is 0. The first kappa shape index (κ1) is 22.5. The number of nitrogens with one attached hydrogen (secondary N) is 2. The topological polar surface area (TPSA) is 107 Å². The summed E-state index contributed by atoms with van der Waals surface area (Å²) in [6.45, 7) is 3.79. The van der Waals surface area contributed by atoms with Gasteiger partial charge in [0.1, 0.15) is 18.1 Å². The molecule has 0 amide bonds. The van der Waals surface area contributed by atoms with E-state index in [4.69, 9.17) is 9.47 Å². The van der Waals surface area contributed by atoms with E-state index in [1.165, 1.54) is 19.3 Å². The summed E-state index contributed by atoms with van der Waals surface area (Å²) in [6.07, 6.45) is 1.30. The maximum atomic E-state index is 14.8. The molecule has 164 valence electrons. The standard InChI is InChI=1S/C21H22FN3O5S/c1-4-5-10-29-15-6-7-16-13(2)17(21(26)30-18(16)12-15)11-14-8-9-24-20(19(14)22)25-31(27,28)23-3/h6-9,12-13,17,23H,10-11H2,1-3H3,(H,24,25). The van der Waals surface area contributed by atoms with Gasteiger partial charge in [-0.2, -0.15) is 8.42 Å². The Bertz CT molecular complexity index is 1160. The minimum atomic E-state index is -3.93. The number of carbonyl (C=O) groups excluding carboxylic acids is 1. The summed E-state index contributed by atoms with van der Waals surface area (Å²) >= 11 is 0. The van der Waals surface area contributed by atoms with Crippen molar-refractivity contribution in [1.82, 2.24) is 9.71 Å². The number of pyridine rings is 1.